The third kappa shape index (κ3) is 5.32. The van der Waals surface area contributed by atoms with Gasteiger partial charge >= 0.3 is 0 Å². The maximum absolute atomic E-state index is 5.95. The molecule has 1 aliphatic heterocycles. The number of benzene rings is 1. The molecule has 1 saturated heterocycles. The normalized spacial score (nSPS) is 18.6. The molecule has 1 N–H and O–H groups in total. The molecular weight excluding hydrogens is 338 g/mol. The van der Waals surface area contributed by atoms with Crippen LogP contribution in [-0.2, 0) is 18.2 Å². The van der Waals surface area contributed by atoms with Gasteiger partial charge in [-0.15, -0.1) is 0 Å². The molecule has 0 saturated carbocycles. The molecule has 0 bridgehead atoms. The van der Waals surface area contributed by atoms with Crippen LogP contribution >= 0.6 is 0 Å². The first-order chi connectivity index (χ1) is 13.0. The predicted molar refractivity (Wildman–Crippen MR) is 109 cm³/mol. The summed E-state index contributed by atoms with van der Waals surface area (Å²) in [7, 11) is 3.78. The van der Waals surface area contributed by atoms with Gasteiger partial charge in [-0.05, 0) is 17.4 Å². The Morgan fingerprint density at radius 2 is 2.11 bits per heavy atom. The number of guanidine groups is 1. The van der Waals surface area contributed by atoms with Crippen LogP contribution in [0.25, 0.3) is 0 Å². The largest absolute Gasteiger partial charge is 0.370 e. The summed E-state index contributed by atoms with van der Waals surface area (Å²) in [4.78, 5) is 6.79. The summed E-state index contributed by atoms with van der Waals surface area (Å²) in [5.74, 6) is 0.938. The van der Waals surface area contributed by atoms with E-state index in [1.807, 2.05) is 31.2 Å². The molecule has 6 heteroatoms. The molecule has 1 aromatic heterocycles. The summed E-state index contributed by atoms with van der Waals surface area (Å²) in [6.07, 6.45) is 4.96. The zero-order valence-corrected chi connectivity index (χ0v) is 16.9. The first kappa shape index (κ1) is 19.4. The number of nitrogens with zero attached hydrogens (tertiary/aromatic N) is 4. The maximum atomic E-state index is 5.95. The first-order valence-corrected chi connectivity index (χ1v) is 9.56. The molecule has 27 heavy (non-hydrogen) atoms. The van der Waals surface area contributed by atoms with E-state index in [0.717, 1.165) is 37.6 Å². The number of nitrogens with one attached hydrogen (secondary N) is 1. The van der Waals surface area contributed by atoms with Gasteiger partial charge in [0, 0.05) is 38.9 Å². The van der Waals surface area contributed by atoms with Gasteiger partial charge in [0.05, 0.1) is 19.3 Å². The number of morpholine rings is 1. The predicted octanol–water partition coefficient (Wildman–Crippen LogP) is 2.64. The topological polar surface area (TPSA) is 54.7 Å². The molecule has 1 aliphatic rings. The molecule has 1 fully saturated rings. The van der Waals surface area contributed by atoms with Gasteiger partial charge in [0.1, 0.15) is 6.10 Å². The number of rotatable bonds is 5. The molecular formula is C21H31N5O. The van der Waals surface area contributed by atoms with Gasteiger partial charge < -0.3 is 15.0 Å². The van der Waals surface area contributed by atoms with Crippen molar-refractivity contribution in [3.63, 3.8) is 0 Å². The Balaban J connectivity index is 1.58. The van der Waals surface area contributed by atoms with Crippen LogP contribution in [0.1, 0.15) is 31.1 Å². The van der Waals surface area contributed by atoms with Gasteiger partial charge in [-0.3, -0.25) is 9.67 Å². The van der Waals surface area contributed by atoms with E-state index in [4.69, 9.17) is 4.74 Å². The van der Waals surface area contributed by atoms with Crippen LogP contribution in [0.2, 0.25) is 0 Å². The minimum Gasteiger partial charge on any atom is -0.370 e. The van der Waals surface area contributed by atoms with Crippen LogP contribution in [0.4, 0.5) is 0 Å². The highest BCUT2D eigenvalue weighted by Gasteiger charge is 2.26. The minimum atomic E-state index is 0.0309. The van der Waals surface area contributed by atoms with Crippen molar-refractivity contribution in [2.24, 2.45) is 17.5 Å². The quantitative estimate of drug-likeness (QED) is 0.650. The van der Waals surface area contributed by atoms with Crippen molar-refractivity contribution < 1.29 is 4.74 Å². The Bertz CT molecular complexity index is 753. The molecule has 2 aromatic rings. The van der Waals surface area contributed by atoms with Crippen LogP contribution in [-0.4, -0.2) is 53.9 Å². The van der Waals surface area contributed by atoms with E-state index in [0.29, 0.717) is 6.61 Å². The van der Waals surface area contributed by atoms with Crippen LogP contribution in [0, 0.1) is 5.41 Å². The Hall–Kier alpha value is -2.34. The van der Waals surface area contributed by atoms with Crippen molar-refractivity contribution in [2.75, 3.05) is 33.3 Å². The SMILES string of the molecule is CN=C(NCC(C)(C)Cc1ccccc1)N1CCOC(c2cnn(C)c2)C1. The fourth-order valence-corrected chi connectivity index (χ4v) is 3.51. The molecule has 2 heterocycles. The molecule has 0 spiro atoms. The molecule has 0 radical (unpaired) electrons. The van der Waals surface area contributed by atoms with E-state index in [1.165, 1.54) is 5.56 Å². The fourth-order valence-electron chi connectivity index (χ4n) is 3.51. The van der Waals surface area contributed by atoms with Gasteiger partial charge in [0.15, 0.2) is 5.96 Å². The van der Waals surface area contributed by atoms with Crippen LogP contribution in [0.3, 0.4) is 0 Å². The molecule has 146 valence electrons. The Morgan fingerprint density at radius 3 is 2.78 bits per heavy atom. The lowest BCUT2D eigenvalue weighted by Crippen LogP contribution is -2.50. The molecule has 6 nitrogen and oxygen atoms in total. The Morgan fingerprint density at radius 1 is 1.33 bits per heavy atom. The summed E-state index contributed by atoms with van der Waals surface area (Å²) >= 11 is 0. The van der Waals surface area contributed by atoms with Gasteiger partial charge in [-0.1, -0.05) is 44.2 Å². The number of hydrogen-bond acceptors (Lipinski definition) is 3. The lowest BCUT2D eigenvalue weighted by Gasteiger charge is -2.36. The third-order valence-electron chi connectivity index (χ3n) is 4.92. The van der Waals surface area contributed by atoms with E-state index >= 15 is 0 Å². The zero-order valence-electron chi connectivity index (χ0n) is 16.9. The number of aliphatic imine (C=N–C) groups is 1. The fraction of sp³-hybridized carbons (Fsp3) is 0.524. The average molecular weight is 370 g/mol. The zero-order chi connectivity index (χ0) is 19.3. The summed E-state index contributed by atoms with van der Waals surface area (Å²) in [5.41, 5.74) is 2.61. The number of aromatic nitrogens is 2. The maximum Gasteiger partial charge on any atom is 0.193 e. The summed E-state index contributed by atoms with van der Waals surface area (Å²) in [6, 6.07) is 10.6. The number of aryl methyl sites for hydroxylation is 1. The molecule has 3 rings (SSSR count). The van der Waals surface area contributed by atoms with Crippen LogP contribution < -0.4 is 5.32 Å². The molecule has 1 atom stereocenters. The smallest absolute Gasteiger partial charge is 0.193 e. The number of ether oxygens (including phenoxy) is 1. The average Bonchev–Trinajstić information content (AvgIpc) is 3.09. The Kier molecular flexibility index (Phi) is 6.16. The van der Waals surface area contributed by atoms with Gasteiger partial charge in [-0.2, -0.15) is 5.10 Å². The Labute approximate surface area is 162 Å². The monoisotopic (exact) mass is 369 g/mol. The van der Waals surface area contributed by atoms with Crippen molar-refractivity contribution >= 4 is 5.96 Å². The highest BCUT2D eigenvalue weighted by Crippen LogP contribution is 2.23. The standard InChI is InChI=1S/C21H31N5O/c1-21(2,12-17-8-6-5-7-9-17)16-23-20(22-3)26-10-11-27-19(15-26)18-13-24-25(4)14-18/h5-9,13-14,19H,10-12,15-16H2,1-4H3,(H,22,23). The highest BCUT2D eigenvalue weighted by molar-refractivity contribution is 5.80. The van der Waals surface area contributed by atoms with E-state index in [-0.39, 0.29) is 11.5 Å². The van der Waals surface area contributed by atoms with Gasteiger partial charge in [0.2, 0.25) is 0 Å². The van der Waals surface area contributed by atoms with Crippen molar-refractivity contribution in [2.45, 2.75) is 26.4 Å². The highest BCUT2D eigenvalue weighted by atomic mass is 16.5. The van der Waals surface area contributed by atoms with E-state index in [9.17, 15) is 0 Å². The second-order valence-corrected chi connectivity index (χ2v) is 7.98. The molecule has 1 aromatic carbocycles. The molecule has 0 aliphatic carbocycles. The second kappa shape index (κ2) is 8.57. The lowest BCUT2D eigenvalue weighted by atomic mass is 9.86. The lowest BCUT2D eigenvalue weighted by molar-refractivity contribution is -0.00816. The first-order valence-electron chi connectivity index (χ1n) is 9.56. The van der Waals surface area contributed by atoms with Crippen molar-refractivity contribution in [3.8, 4) is 0 Å². The summed E-state index contributed by atoms with van der Waals surface area (Å²) < 4.78 is 7.77. The van der Waals surface area contributed by atoms with Crippen molar-refractivity contribution in [3.05, 3.63) is 53.9 Å². The van der Waals surface area contributed by atoms with Gasteiger partial charge in [-0.25, -0.2) is 0 Å². The second-order valence-electron chi connectivity index (χ2n) is 7.98. The third-order valence-corrected chi connectivity index (χ3v) is 4.92. The molecule has 1 unspecified atom stereocenters. The van der Waals surface area contributed by atoms with E-state index in [2.05, 4.69) is 64.5 Å². The minimum absolute atomic E-state index is 0.0309. The van der Waals surface area contributed by atoms with E-state index < -0.39 is 0 Å². The van der Waals surface area contributed by atoms with Crippen molar-refractivity contribution in [1.82, 2.24) is 20.0 Å². The number of hydrogen-bond donors (Lipinski definition) is 1. The summed E-state index contributed by atoms with van der Waals surface area (Å²) in [5, 5.41) is 7.84. The summed E-state index contributed by atoms with van der Waals surface area (Å²) in [6.45, 7) is 7.76. The van der Waals surface area contributed by atoms with Gasteiger partial charge in [0.25, 0.3) is 0 Å². The van der Waals surface area contributed by atoms with Crippen LogP contribution in [0.5, 0.6) is 0 Å². The van der Waals surface area contributed by atoms with E-state index in [1.54, 1.807) is 0 Å². The van der Waals surface area contributed by atoms with Crippen LogP contribution in [0.15, 0.2) is 47.7 Å². The molecule has 0 amide bonds. The van der Waals surface area contributed by atoms with Crippen molar-refractivity contribution in [1.29, 1.82) is 0 Å².